The summed E-state index contributed by atoms with van der Waals surface area (Å²) < 4.78 is 0. The molecule has 0 saturated carbocycles. The average molecular weight is 320 g/mol. The molecule has 1 aromatic carbocycles. The molecule has 0 radical (unpaired) electrons. The van der Waals surface area contributed by atoms with Gasteiger partial charge in [-0.15, -0.1) is 0 Å². The van der Waals surface area contributed by atoms with Crippen LogP contribution in [-0.4, -0.2) is 21.0 Å². The van der Waals surface area contributed by atoms with Crippen LogP contribution in [0.3, 0.4) is 0 Å². The van der Waals surface area contributed by atoms with Gasteiger partial charge in [-0.3, -0.25) is 4.79 Å². The summed E-state index contributed by atoms with van der Waals surface area (Å²) in [5.74, 6) is -0.519. The quantitative estimate of drug-likeness (QED) is 0.899. The van der Waals surface area contributed by atoms with E-state index in [-0.39, 0.29) is 6.42 Å². The van der Waals surface area contributed by atoms with Gasteiger partial charge in [-0.25, -0.2) is 4.98 Å². The van der Waals surface area contributed by atoms with Crippen molar-refractivity contribution in [1.82, 2.24) is 9.97 Å². The van der Waals surface area contributed by atoms with Gasteiger partial charge in [0.05, 0.1) is 27.7 Å². The van der Waals surface area contributed by atoms with Crippen molar-refractivity contribution in [2.75, 3.05) is 0 Å². The number of aryl methyl sites for hydroxylation is 1. The van der Waals surface area contributed by atoms with Crippen LogP contribution in [0.1, 0.15) is 11.4 Å². The Morgan fingerprint density at radius 3 is 2.42 bits per heavy atom. The zero-order valence-corrected chi connectivity index (χ0v) is 12.1. The molecular formula is C12H9Cl3N2O2. The fourth-order valence-electron chi connectivity index (χ4n) is 1.70. The molecule has 0 aliphatic heterocycles. The maximum Gasteiger partial charge on any atom is 0.309 e. The topological polar surface area (TPSA) is 66.0 Å². The molecule has 0 bridgehead atoms. The molecule has 0 unspecified atom stereocenters. The number of H-pyrrole nitrogens is 1. The number of aromatic nitrogens is 2. The van der Waals surface area contributed by atoms with Crippen LogP contribution >= 0.6 is 34.8 Å². The van der Waals surface area contributed by atoms with Crippen LogP contribution in [0.4, 0.5) is 0 Å². The first kappa shape index (κ1) is 14.2. The third-order valence-corrected chi connectivity index (χ3v) is 3.36. The molecule has 2 aromatic rings. The van der Waals surface area contributed by atoms with Crippen LogP contribution in [-0.2, 0) is 11.2 Å². The number of nitrogens with one attached hydrogen (secondary N) is 1. The van der Waals surface area contributed by atoms with E-state index in [0.29, 0.717) is 37.8 Å². The highest BCUT2D eigenvalue weighted by atomic mass is 35.5. The molecule has 19 heavy (non-hydrogen) atoms. The van der Waals surface area contributed by atoms with Crippen molar-refractivity contribution in [3.63, 3.8) is 0 Å². The summed E-state index contributed by atoms with van der Waals surface area (Å²) in [5, 5.41) is 9.93. The van der Waals surface area contributed by atoms with E-state index in [1.54, 1.807) is 19.1 Å². The van der Waals surface area contributed by atoms with E-state index in [1.807, 2.05) is 0 Å². The number of carbonyl (C=O) groups is 1. The Labute approximate surface area is 124 Å². The predicted molar refractivity (Wildman–Crippen MR) is 75.1 cm³/mol. The van der Waals surface area contributed by atoms with E-state index in [4.69, 9.17) is 39.9 Å². The molecule has 0 aliphatic carbocycles. The van der Waals surface area contributed by atoms with Gasteiger partial charge in [-0.2, -0.15) is 0 Å². The number of aliphatic carboxylic acids is 1. The van der Waals surface area contributed by atoms with Crippen molar-refractivity contribution in [3.05, 3.63) is 38.6 Å². The van der Waals surface area contributed by atoms with Gasteiger partial charge in [0, 0.05) is 10.7 Å². The molecule has 0 aliphatic rings. The summed E-state index contributed by atoms with van der Waals surface area (Å²) >= 11 is 18.0. The van der Waals surface area contributed by atoms with Gasteiger partial charge < -0.3 is 10.1 Å². The largest absolute Gasteiger partial charge is 0.481 e. The number of carboxylic acid groups (broad SMARTS) is 1. The molecule has 4 nitrogen and oxygen atoms in total. The molecule has 0 spiro atoms. The van der Waals surface area contributed by atoms with Gasteiger partial charge >= 0.3 is 5.97 Å². The summed E-state index contributed by atoms with van der Waals surface area (Å²) in [6, 6.07) is 3.11. The first-order valence-corrected chi connectivity index (χ1v) is 6.44. The van der Waals surface area contributed by atoms with Crippen molar-refractivity contribution in [3.8, 4) is 11.4 Å². The fourth-order valence-corrected chi connectivity index (χ4v) is 2.69. The molecule has 100 valence electrons. The molecule has 0 atom stereocenters. The number of rotatable bonds is 3. The SMILES string of the molecule is Cc1[nH]c(-c2c(Cl)cc(Cl)cc2Cl)nc1CC(=O)O. The Hall–Kier alpha value is -1.23. The van der Waals surface area contributed by atoms with Gasteiger partial charge in [-0.05, 0) is 19.1 Å². The van der Waals surface area contributed by atoms with Crippen LogP contribution in [0.15, 0.2) is 12.1 Å². The Bertz CT molecular complexity index is 629. The lowest BCUT2D eigenvalue weighted by Crippen LogP contribution is -2.01. The number of carboxylic acids is 1. The molecule has 7 heteroatoms. The minimum atomic E-state index is -0.950. The average Bonchev–Trinajstić information content (AvgIpc) is 2.57. The van der Waals surface area contributed by atoms with Crippen molar-refractivity contribution in [2.45, 2.75) is 13.3 Å². The molecule has 1 heterocycles. The molecular weight excluding hydrogens is 311 g/mol. The Morgan fingerprint density at radius 2 is 1.89 bits per heavy atom. The summed E-state index contributed by atoms with van der Waals surface area (Å²) in [6.07, 6.45) is -0.162. The fraction of sp³-hybridized carbons (Fsp3) is 0.167. The second kappa shape index (κ2) is 5.41. The van der Waals surface area contributed by atoms with Crippen LogP contribution in [0, 0.1) is 6.92 Å². The lowest BCUT2D eigenvalue weighted by Gasteiger charge is -2.04. The summed E-state index contributed by atoms with van der Waals surface area (Å²) in [7, 11) is 0. The summed E-state index contributed by atoms with van der Waals surface area (Å²) in [5.41, 5.74) is 1.62. The lowest BCUT2D eigenvalue weighted by atomic mass is 10.2. The van der Waals surface area contributed by atoms with Gasteiger partial charge in [-0.1, -0.05) is 34.8 Å². The van der Waals surface area contributed by atoms with E-state index in [2.05, 4.69) is 9.97 Å². The smallest absolute Gasteiger partial charge is 0.309 e. The summed E-state index contributed by atoms with van der Waals surface area (Å²) in [4.78, 5) is 17.9. The van der Waals surface area contributed by atoms with Gasteiger partial charge in [0.2, 0.25) is 0 Å². The van der Waals surface area contributed by atoms with Crippen molar-refractivity contribution in [2.24, 2.45) is 0 Å². The van der Waals surface area contributed by atoms with E-state index in [1.165, 1.54) is 0 Å². The minimum Gasteiger partial charge on any atom is -0.481 e. The zero-order chi connectivity index (χ0) is 14.2. The Kier molecular flexibility index (Phi) is 4.04. The van der Waals surface area contributed by atoms with E-state index >= 15 is 0 Å². The number of halogens is 3. The maximum absolute atomic E-state index is 10.7. The molecule has 0 fully saturated rings. The number of hydrogen-bond acceptors (Lipinski definition) is 2. The Balaban J connectivity index is 2.51. The lowest BCUT2D eigenvalue weighted by molar-refractivity contribution is -0.136. The van der Waals surface area contributed by atoms with Crippen LogP contribution < -0.4 is 0 Å². The molecule has 0 amide bonds. The van der Waals surface area contributed by atoms with Crippen LogP contribution in [0.5, 0.6) is 0 Å². The van der Waals surface area contributed by atoms with Gasteiger partial charge in [0.25, 0.3) is 0 Å². The molecule has 2 N–H and O–H groups in total. The standard InChI is InChI=1S/C12H9Cl3N2O2/c1-5-9(4-10(18)19)17-12(16-5)11-7(14)2-6(13)3-8(11)15/h2-3H,4H2,1H3,(H,16,17)(H,18,19). The highest BCUT2D eigenvalue weighted by molar-refractivity contribution is 6.41. The summed E-state index contributed by atoms with van der Waals surface area (Å²) in [6.45, 7) is 1.74. The second-order valence-corrected chi connectivity index (χ2v) is 5.22. The monoisotopic (exact) mass is 318 g/mol. The third kappa shape index (κ3) is 3.03. The van der Waals surface area contributed by atoms with Crippen LogP contribution in [0.25, 0.3) is 11.4 Å². The van der Waals surface area contributed by atoms with Gasteiger partial charge in [0.15, 0.2) is 0 Å². The van der Waals surface area contributed by atoms with Crippen molar-refractivity contribution < 1.29 is 9.90 Å². The van der Waals surface area contributed by atoms with Gasteiger partial charge in [0.1, 0.15) is 5.82 Å². The third-order valence-electron chi connectivity index (χ3n) is 2.55. The normalized spacial score (nSPS) is 10.7. The first-order chi connectivity index (χ1) is 8.88. The molecule has 1 aromatic heterocycles. The predicted octanol–water partition coefficient (Wildman–Crippen LogP) is 3.97. The first-order valence-electron chi connectivity index (χ1n) is 5.30. The maximum atomic E-state index is 10.7. The second-order valence-electron chi connectivity index (χ2n) is 3.97. The highest BCUT2D eigenvalue weighted by Crippen LogP contribution is 2.36. The van der Waals surface area contributed by atoms with Crippen molar-refractivity contribution >= 4 is 40.8 Å². The van der Waals surface area contributed by atoms with E-state index in [9.17, 15) is 4.79 Å². The highest BCUT2D eigenvalue weighted by Gasteiger charge is 2.16. The number of imidazole rings is 1. The van der Waals surface area contributed by atoms with E-state index < -0.39 is 5.97 Å². The number of aromatic amines is 1. The molecule has 2 rings (SSSR count). The Morgan fingerprint density at radius 1 is 1.32 bits per heavy atom. The number of benzene rings is 1. The minimum absolute atomic E-state index is 0.162. The zero-order valence-electron chi connectivity index (χ0n) is 9.80. The van der Waals surface area contributed by atoms with Crippen molar-refractivity contribution in [1.29, 1.82) is 0 Å². The number of hydrogen-bond donors (Lipinski definition) is 2. The van der Waals surface area contributed by atoms with E-state index in [0.717, 1.165) is 0 Å². The molecule has 0 saturated heterocycles. The number of nitrogens with zero attached hydrogens (tertiary/aromatic N) is 1. The van der Waals surface area contributed by atoms with Crippen LogP contribution in [0.2, 0.25) is 15.1 Å².